The number of nitrogens with one attached hydrogen (secondary N) is 2. The maximum atomic E-state index is 15.1. The van der Waals surface area contributed by atoms with Crippen molar-refractivity contribution in [2.45, 2.75) is 30.9 Å². The zero-order valence-corrected chi connectivity index (χ0v) is 18.0. The molecule has 33 heavy (non-hydrogen) atoms. The van der Waals surface area contributed by atoms with Crippen LogP contribution in [0.1, 0.15) is 18.2 Å². The van der Waals surface area contributed by atoms with Gasteiger partial charge in [-0.15, -0.1) is 0 Å². The lowest BCUT2D eigenvalue weighted by atomic mass is 9.95. The number of amides is 2. The van der Waals surface area contributed by atoms with Crippen molar-refractivity contribution in [3.63, 3.8) is 0 Å². The Morgan fingerprint density at radius 2 is 2.18 bits per heavy atom. The number of fused-ring (bicyclic) bond motifs is 4. The number of cyclic esters (lactones) is 1. The fourth-order valence-electron chi connectivity index (χ4n) is 5.87. The Kier molecular flexibility index (Phi) is 4.26. The molecule has 8 nitrogen and oxygen atoms in total. The molecule has 2 N–H and O–H groups in total. The lowest BCUT2D eigenvalue weighted by Crippen LogP contribution is -2.40. The van der Waals surface area contributed by atoms with E-state index in [9.17, 15) is 14.9 Å². The Labute approximate surface area is 189 Å². The molecule has 0 radical (unpaired) electrons. The second kappa shape index (κ2) is 6.99. The van der Waals surface area contributed by atoms with E-state index in [0.717, 1.165) is 24.3 Å². The van der Waals surface area contributed by atoms with Gasteiger partial charge in [0.15, 0.2) is 0 Å². The summed E-state index contributed by atoms with van der Waals surface area (Å²) < 4.78 is 20.5. The molecule has 2 saturated heterocycles. The quantitative estimate of drug-likeness (QED) is 0.741. The molecule has 4 aliphatic rings. The van der Waals surface area contributed by atoms with Gasteiger partial charge in [-0.2, -0.15) is 5.26 Å². The van der Waals surface area contributed by atoms with Crippen LogP contribution in [0.25, 0.3) is 11.1 Å². The second-order valence-corrected chi connectivity index (χ2v) is 9.25. The number of aromatic nitrogens is 1. The van der Waals surface area contributed by atoms with Crippen molar-refractivity contribution < 1.29 is 18.7 Å². The molecule has 0 spiro atoms. The van der Waals surface area contributed by atoms with Gasteiger partial charge >= 0.3 is 6.09 Å². The maximum absolute atomic E-state index is 15.1. The number of benzene rings is 1. The number of piperidine rings is 1. The number of hydrogen-bond acceptors (Lipinski definition) is 6. The Hall–Kier alpha value is -3.51. The van der Waals surface area contributed by atoms with E-state index in [-0.39, 0.29) is 30.3 Å². The molecular weight excluding hydrogens is 425 g/mol. The standard InChI is InChI=1S/C24H22FN5O3/c1-12(31)28-10-21-20-5-14-4-15(18(25)6-19(14)30(20)23(32)33-21)13-2-3-22(29-7-13)24(11-26)16-8-27-9-17(16)24/h2-4,6-7,16-17,20-21,27H,5,8-10H2,1H3,(H,28,31)/t16-,17+,20-,21-,24+/m0/s1. The molecule has 2 aromatic rings. The summed E-state index contributed by atoms with van der Waals surface area (Å²) in [6.07, 6.45) is 1.12. The third kappa shape index (κ3) is 2.80. The van der Waals surface area contributed by atoms with E-state index in [1.165, 1.54) is 17.9 Å². The minimum Gasteiger partial charge on any atom is -0.442 e. The Morgan fingerprint density at radius 1 is 1.39 bits per heavy atom. The van der Waals surface area contributed by atoms with Crippen LogP contribution in [0.15, 0.2) is 30.5 Å². The monoisotopic (exact) mass is 447 g/mol. The topological polar surface area (TPSA) is 107 Å². The average molecular weight is 447 g/mol. The van der Waals surface area contributed by atoms with Gasteiger partial charge in [0.05, 0.1) is 30.0 Å². The molecule has 1 aromatic carbocycles. The number of hydrogen-bond donors (Lipinski definition) is 2. The van der Waals surface area contributed by atoms with Crippen LogP contribution >= 0.6 is 0 Å². The van der Waals surface area contributed by atoms with E-state index in [2.05, 4.69) is 21.7 Å². The fourth-order valence-corrected chi connectivity index (χ4v) is 5.87. The summed E-state index contributed by atoms with van der Waals surface area (Å²) in [7, 11) is 0. The van der Waals surface area contributed by atoms with E-state index < -0.39 is 23.4 Å². The summed E-state index contributed by atoms with van der Waals surface area (Å²) in [5, 5.41) is 15.8. The van der Waals surface area contributed by atoms with Crippen molar-refractivity contribution in [2.75, 3.05) is 24.5 Å². The number of carbonyl (C=O) groups excluding carboxylic acids is 2. The van der Waals surface area contributed by atoms with Crippen molar-refractivity contribution in [1.82, 2.24) is 15.6 Å². The summed E-state index contributed by atoms with van der Waals surface area (Å²) in [5.41, 5.74) is 2.60. The number of anilines is 1. The lowest BCUT2D eigenvalue weighted by Gasteiger charge is -2.16. The van der Waals surface area contributed by atoms with E-state index in [1.54, 1.807) is 12.3 Å². The molecule has 3 fully saturated rings. The highest BCUT2D eigenvalue weighted by molar-refractivity contribution is 5.94. The van der Waals surface area contributed by atoms with Gasteiger partial charge in [0.25, 0.3) is 0 Å². The van der Waals surface area contributed by atoms with Gasteiger partial charge in [-0.3, -0.25) is 14.7 Å². The molecule has 9 heteroatoms. The van der Waals surface area contributed by atoms with E-state index >= 15 is 4.39 Å². The van der Waals surface area contributed by atoms with Gasteiger partial charge in [0.1, 0.15) is 17.3 Å². The first-order valence-corrected chi connectivity index (χ1v) is 11.1. The summed E-state index contributed by atoms with van der Waals surface area (Å²) in [5.74, 6) is -0.0782. The predicted octanol–water partition coefficient (Wildman–Crippen LogP) is 1.88. The fraction of sp³-hybridized carbons (Fsp3) is 0.417. The van der Waals surface area contributed by atoms with Crippen LogP contribution < -0.4 is 15.5 Å². The molecule has 2 amide bonds. The highest BCUT2D eigenvalue weighted by Crippen LogP contribution is 2.60. The van der Waals surface area contributed by atoms with Crippen LogP contribution in [0.4, 0.5) is 14.9 Å². The molecule has 0 bridgehead atoms. The largest absolute Gasteiger partial charge is 0.442 e. The summed E-state index contributed by atoms with van der Waals surface area (Å²) in [6.45, 7) is 3.27. The first kappa shape index (κ1) is 20.1. The van der Waals surface area contributed by atoms with Crippen LogP contribution in [0, 0.1) is 29.0 Å². The molecule has 4 heterocycles. The summed E-state index contributed by atoms with van der Waals surface area (Å²) >= 11 is 0. The normalized spacial score (nSPS) is 30.8. The average Bonchev–Trinajstić information content (AvgIpc) is 3.19. The number of rotatable bonds is 4. The van der Waals surface area contributed by atoms with Crippen LogP contribution in [-0.4, -0.2) is 48.8 Å². The molecule has 168 valence electrons. The summed E-state index contributed by atoms with van der Waals surface area (Å²) in [4.78, 5) is 29.7. The molecule has 1 aromatic heterocycles. The number of nitrogens with zero attached hydrogens (tertiary/aromatic N) is 3. The third-order valence-corrected chi connectivity index (χ3v) is 7.58. The van der Waals surface area contributed by atoms with E-state index in [1.807, 2.05) is 12.1 Å². The highest BCUT2D eigenvalue weighted by Gasteiger charge is 2.69. The number of carbonyl (C=O) groups is 2. The molecule has 6 rings (SSSR count). The highest BCUT2D eigenvalue weighted by atomic mass is 19.1. The molecule has 5 atom stereocenters. The van der Waals surface area contributed by atoms with Crippen LogP contribution in [0.2, 0.25) is 0 Å². The second-order valence-electron chi connectivity index (χ2n) is 9.25. The molecule has 0 unspecified atom stereocenters. The van der Waals surface area contributed by atoms with Crippen LogP contribution in [-0.2, 0) is 21.4 Å². The Balaban J connectivity index is 1.28. The number of ether oxygens (including phenoxy) is 1. The molecule has 3 aliphatic heterocycles. The summed E-state index contributed by atoms with van der Waals surface area (Å²) in [6, 6.07) is 8.97. The van der Waals surface area contributed by atoms with Crippen molar-refractivity contribution in [3.05, 3.63) is 47.5 Å². The van der Waals surface area contributed by atoms with Crippen molar-refractivity contribution in [3.8, 4) is 17.2 Å². The number of pyridine rings is 1. The van der Waals surface area contributed by atoms with Crippen molar-refractivity contribution in [2.24, 2.45) is 11.8 Å². The zero-order valence-electron chi connectivity index (χ0n) is 18.0. The number of halogens is 1. The van der Waals surface area contributed by atoms with Gasteiger partial charge in [0.2, 0.25) is 5.91 Å². The van der Waals surface area contributed by atoms with Crippen molar-refractivity contribution in [1.29, 1.82) is 5.26 Å². The number of nitriles is 1. The molecule has 1 saturated carbocycles. The molecular formula is C24H22FN5O3. The van der Waals surface area contributed by atoms with Crippen molar-refractivity contribution >= 4 is 17.7 Å². The molecule has 1 aliphatic carbocycles. The van der Waals surface area contributed by atoms with Gasteiger partial charge in [-0.25, -0.2) is 9.18 Å². The SMILES string of the molecule is CC(=O)NC[C@@H]1OC(=O)N2c3cc(F)c(-c4ccc([C@@]5(C#N)[C@@H]6CNC[C@@H]65)nc4)cc3C[C@@H]12. The minimum atomic E-state index is -0.533. The van der Waals surface area contributed by atoms with Gasteiger partial charge < -0.3 is 15.4 Å². The first-order chi connectivity index (χ1) is 15.9. The van der Waals surface area contributed by atoms with Gasteiger partial charge in [-0.05, 0) is 30.2 Å². The van der Waals surface area contributed by atoms with Crippen LogP contribution in [0.5, 0.6) is 0 Å². The van der Waals surface area contributed by atoms with Gasteiger partial charge in [0, 0.05) is 49.2 Å². The lowest BCUT2D eigenvalue weighted by molar-refractivity contribution is -0.119. The Bertz CT molecular complexity index is 1210. The third-order valence-electron chi connectivity index (χ3n) is 7.58. The van der Waals surface area contributed by atoms with E-state index in [0.29, 0.717) is 23.2 Å². The smallest absolute Gasteiger partial charge is 0.415 e. The minimum absolute atomic E-state index is 0.200. The zero-order chi connectivity index (χ0) is 22.9. The Morgan fingerprint density at radius 3 is 2.85 bits per heavy atom. The first-order valence-electron chi connectivity index (χ1n) is 11.1. The maximum Gasteiger partial charge on any atom is 0.415 e. The predicted molar refractivity (Wildman–Crippen MR) is 116 cm³/mol. The van der Waals surface area contributed by atoms with Gasteiger partial charge in [-0.1, -0.05) is 6.07 Å². The van der Waals surface area contributed by atoms with E-state index in [4.69, 9.17) is 4.74 Å². The van der Waals surface area contributed by atoms with Crippen LogP contribution in [0.3, 0.4) is 0 Å².